The molecule has 0 radical (unpaired) electrons. The first-order valence-corrected chi connectivity index (χ1v) is 9.92. The number of hydrogen-bond acceptors (Lipinski definition) is 5. The molecule has 28 heavy (non-hydrogen) atoms. The molecule has 1 saturated heterocycles. The Morgan fingerprint density at radius 1 is 1.18 bits per heavy atom. The first kappa shape index (κ1) is 20.5. The topological polar surface area (TPSA) is 71.0 Å². The summed E-state index contributed by atoms with van der Waals surface area (Å²) in [6, 6.07) is 11.8. The van der Waals surface area contributed by atoms with Crippen LogP contribution in [-0.4, -0.2) is 36.4 Å². The summed E-state index contributed by atoms with van der Waals surface area (Å²) in [4.78, 5) is 30.6. The highest BCUT2D eigenvalue weighted by Crippen LogP contribution is 2.32. The molecule has 0 aliphatic carbocycles. The standard InChI is InChI=1S/C19H17Cl2N3O3S/c1-22-19(23-13-8-11(20)7-12(21)9-13)28-16-10-17(25)24(18(16)26)14-3-5-15(27-2)6-4-14/h3-9,16H,10H2,1-2H3,(H,22,23). The van der Waals surface area contributed by atoms with E-state index in [4.69, 9.17) is 27.9 Å². The maximum Gasteiger partial charge on any atom is 0.247 e. The lowest BCUT2D eigenvalue weighted by Gasteiger charge is -2.16. The molecule has 1 unspecified atom stereocenters. The molecule has 0 spiro atoms. The number of imide groups is 1. The average molecular weight is 438 g/mol. The first-order valence-electron chi connectivity index (χ1n) is 8.28. The highest BCUT2D eigenvalue weighted by Gasteiger charge is 2.40. The predicted molar refractivity (Wildman–Crippen MR) is 115 cm³/mol. The van der Waals surface area contributed by atoms with Gasteiger partial charge in [0.15, 0.2) is 5.17 Å². The van der Waals surface area contributed by atoms with Crippen LogP contribution in [0.4, 0.5) is 11.4 Å². The van der Waals surface area contributed by atoms with Crippen LogP contribution in [0.1, 0.15) is 6.42 Å². The summed E-state index contributed by atoms with van der Waals surface area (Å²) in [6.07, 6.45) is 0.0898. The van der Waals surface area contributed by atoms with Crippen molar-refractivity contribution in [1.29, 1.82) is 0 Å². The van der Waals surface area contributed by atoms with Crippen molar-refractivity contribution in [3.63, 3.8) is 0 Å². The molecule has 0 aromatic heterocycles. The summed E-state index contributed by atoms with van der Waals surface area (Å²) in [6.45, 7) is 0. The number of ether oxygens (including phenoxy) is 1. The molecular formula is C19H17Cl2N3O3S. The van der Waals surface area contributed by atoms with Gasteiger partial charge in [-0.2, -0.15) is 0 Å². The zero-order valence-electron chi connectivity index (χ0n) is 15.1. The molecule has 6 nitrogen and oxygen atoms in total. The number of halogens is 2. The highest BCUT2D eigenvalue weighted by atomic mass is 35.5. The smallest absolute Gasteiger partial charge is 0.247 e. The summed E-state index contributed by atoms with van der Waals surface area (Å²) in [7, 11) is 3.16. The first-order chi connectivity index (χ1) is 13.4. The van der Waals surface area contributed by atoms with E-state index in [1.165, 1.54) is 16.7 Å². The molecule has 1 aliphatic heterocycles. The molecule has 1 N–H and O–H groups in total. The fraction of sp³-hybridized carbons (Fsp3) is 0.211. The number of carbonyl (C=O) groups is 2. The number of methoxy groups -OCH3 is 1. The summed E-state index contributed by atoms with van der Waals surface area (Å²) >= 11 is 13.2. The van der Waals surface area contributed by atoms with Crippen LogP contribution in [0, 0.1) is 0 Å². The lowest BCUT2D eigenvalue weighted by Crippen LogP contribution is -2.31. The Labute approximate surface area is 176 Å². The van der Waals surface area contributed by atoms with Crippen LogP contribution in [0.15, 0.2) is 47.5 Å². The van der Waals surface area contributed by atoms with Gasteiger partial charge in [0.2, 0.25) is 11.8 Å². The van der Waals surface area contributed by atoms with Crippen molar-refractivity contribution in [1.82, 2.24) is 0 Å². The minimum Gasteiger partial charge on any atom is -0.497 e. The number of thioether (sulfide) groups is 1. The second-order valence-electron chi connectivity index (χ2n) is 5.89. The van der Waals surface area contributed by atoms with Crippen molar-refractivity contribution < 1.29 is 14.3 Å². The molecule has 0 saturated carbocycles. The number of amides is 2. The minimum absolute atomic E-state index is 0.0898. The van der Waals surface area contributed by atoms with Gasteiger partial charge in [-0.25, -0.2) is 4.90 Å². The summed E-state index contributed by atoms with van der Waals surface area (Å²) in [5, 5.41) is 3.96. The van der Waals surface area contributed by atoms with Crippen LogP contribution in [-0.2, 0) is 9.59 Å². The van der Waals surface area contributed by atoms with Gasteiger partial charge in [0.05, 0.1) is 12.8 Å². The van der Waals surface area contributed by atoms with E-state index in [2.05, 4.69) is 10.3 Å². The van der Waals surface area contributed by atoms with Crippen LogP contribution in [0.5, 0.6) is 5.75 Å². The molecular weight excluding hydrogens is 421 g/mol. The van der Waals surface area contributed by atoms with Crippen LogP contribution >= 0.6 is 35.0 Å². The van der Waals surface area contributed by atoms with Crippen molar-refractivity contribution in [2.24, 2.45) is 4.99 Å². The highest BCUT2D eigenvalue weighted by molar-refractivity contribution is 8.15. The lowest BCUT2D eigenvalue weighted by molar-refractivity contribution is -0.121. The van der Waals surface area contributed by atoms with E-state index in [9.17, 15) is 9.59 Å². The van der Waals surface area contributed by atoms with Crippen molar-refractivity contribution in [3.8, 4) is 5.75 Å². The molecule has 146 valence electrons. The summed E-state index contributed by atoms with van der Waals surface area (Å²) in [5.74, 6) is 0.111. The number of carbonyl (C=O) groups excluding carboxylic acids is 2. The molecule has 3 rings (SSSR count). The molecule has 1 fully saturated rings. The van der Waals surface area contributed by atoms with E-state index < -0.39 is 5.25 Å². The summed E-state index contributed by atoms with van der Waals surface area (Å²) in [5.41, 5.74) is 1.16. The van der Waals surface area contributed by atoms with Gasteiger partial charge < -0.3 is 10.1 Å². The number of nitrogens with one attached hydrogen (secondary N) is 1. The predicted octanol–water partition coefficient (Wildman–Crippen LogP) is 4.47. The number of nitrogens with zero attached hydrogens (tertiary/aromatic N) is 2. The molecule has 2 aromatic carbocycles. The van der Waals surface area contributed by atoms with Crippen LogP contribution < -0.4 is 15.0 Å². The zero-order valence-corrected chi connectivity index (χ0v) is 17.4. The van der Waals surface area contributed by atoms with Crippen molar-refractivity contribution in [2.75, 3.05) is 24.4 Å². The van der Waals surface area contributed by atoms with E-state index in [0.717, 1.165) is 0 Å². The van der Waals surface area contributed by atoms with E-state index in [1.54, 1.807) is 56.6 Å². The Morgan fingerprint density at radius 3 is 2.39 bits per heavy atom. The SMILES string of the molecule is CN=C(Nc1cc(Cl)cc(Cl)c1)SC1CC(=O)N(c2ccc(OC)cc2)C1=O. The quantitative estimate of drug-likeness (QED) is 0.434. The molecule has 2 aromatic rings. The molecule has 0 bridgehead atoms. The number of anilines is 2. The Kier molecular flexibility index (Phi) is 6.49. The van der Waals surface area contributed by atoms with Gasteiger partial charge in [-0.05, 0) is 42.5 Å². The number of benzene rings is 2. The third-order valence-corrected chi connectivity index (χ3v) is 5.60. The van der Waals surface area contributed by atoms with Gasteiger partial charge in [0.1, 0.15) is 11.0 Å². The molecule has 9 heteroatoms. The Morgan fingerprint density at radius 2 is 1.82 bits per heavy atom. The van der Waals surface area contributed by atoms with Gasteiger partial charge >= 0.3 is 0 Å². The number of amidine groups is 1. The van der Waals surface area contributed by atoms with Gasteiger partial charge in [-0.15, -0.1) is 0 Å². The molecule has 1 aliphatic rings. The third-order valence-electron chi connectivity index (χ3n) is 4.01. The van der Waals surface area contributed by atoms with Gasteiger partial charge in [0, 0.05) is 29.2 Å². The normalized spacial score (nSPS) is 17.2. The molecule has 1 atom stereocenters. The molecule has 2 amide bonds. The average Bonchev–Trinajstić information content (AvgIpc) is 2.93. The van der Waals surface area contributed by atoms with Crippen molar-refractivity contribution in [2.45, 2.75) is 11.7 Å². The van der Waals surface area contributed by atoms with Gasteiger partial charge in [-0.3, -0.25) is 14.6 Å². The van der Waals surface area contributed by atoms with Crippen molar-refractivity contribution in [3.05, 3.63) is 52.5 Å². The van der Waals surface area contributed by atoms with Crippen LogP contribution in [0.25, 0.3) is 0 Å². The number of aliphatic imine (C=N–C) groups is 1. The summed E-state index contributed by atoms with van der Waals surface area (Å²) < 4.78 is 5.11. The van der Waals surface area contributed by atoms with Crippen molar-refractivity contribution >= 4 is 63.3 Å². The minimum atomic E-state index is -0.574. The second kappa shape index (κ2) is 8.86. The Bertz CT molecular complexity index is 914. The van der Waals surface area contributed by atoms with Crippen LogP contribution in [0.2, 0.25) is 10.0 Å². The van der Waals surface area contributed by atoms with Crippen LogP contribution in [0.3, 0.4) is 0 Å². The van der Waals surface area contributed by atoms with E-state index in [-0.39, 0.29) is 18.2 Å². The van der Waals surface area contributed by atoms with E-state index in [0.29, 0.717) is 32.3 Å². The fourth-order valence-corrected chi connectivity index (χ4v) is 4.23. The van der Waals surface area contributed by atoms with Gasteiger partial charge in [0.25, 0.3) is 0 Å². The maximum atomic E-state index is 12.8. The second-order valence-corrected chi connectivity index (χ2v) is 7.95. The monoisotopic (exact) mass is 437 g/mol. The number of rotatable bonds is 4. The van der Waals surface area contributed by atoms with E-state index in [1.807, 2.05) is 0 Å². The largest absolute Gasteiger partial charge is 0.497 e. The fourth-order valence-electron chi connectivity index (χ4n) is 2.72. The Balaban J connectivity index is 1.72. The number of hydrogen-bond donors (Lipinski definition) is 1. The Hall–Kier alpha value is -2.22. The lowest BCUT2D eigenvalue weighted by atomic mass is 10.3. The van der Waals surface area contributed by atoms with E-state index >= 15 is 0 Å². The molecule has 1 heterocycles. The maximum absolute atomic E-state index is 12.8. The zero-order chi connectivity index (χ0) is 20.3. The van der Waals surface area contributed by atoms with Gasteiger partial charge in [-0.1, -0.05) is 35.0 Å². The third kappa shape index (κ3) is 4.60.